The van der Waals surface area contributed by atoms with Crippen LogP contribution >= 0.6 is 11.3 Å². The number of ether oxygens (including phenoxy) is 1. The van der Waals surface area contributed by atoms with E-state index in [0.717, 1.165) is 32.0 Å². The Balaban J connectivity index is 1.69. The molecule has 19 heavy (non-hydrogen) atoms. The van der Waals surface area contributed by atoms with Crippen LogP contribution in [-0.4, -0.2) is 18.1 Å². The normalized spacial score (nSPS) is 23.4. The first-order chi connectivity index (χ1) is 9.24. The Morgan fingerprint density at radius 1 is 1.37 bits per heavy atom. The average Bonchev–Trinajstić information content (AvgIpc) is 2.91. The third-order valence-corrected chi connectivity index (χ3v) is 4.91. The summed E-state index contributed by atoms with van der Waals surface area (Å²) in [6.07, 6.45) is 5.26. The first-order valence-corrected chi connectivity index (χ1v) is 8.37. The summed E-state index contributed by atoms with van der Waals surface area (Å²) in [5.74, 6) is 1.44. The van der Waals surface area contributed by atoms with Crippen LogP contribution in [0.5, 0.6) is 0 Å². The first kappa shape index (κ1) is 13.5. The lowest BCUT2D eigenvalue weighted by atomic mass is 10.2. The second-order valence-corrected chi connectivity index (χ2v) is 7.28. The van der Waals surface area contributed by atoms with Gasteiger partial charge in [0, 0.05) is 23.9 Å². The molecule has 1 N–H and O–H groups in total. The van der Waals surface area contributed by atoms with E-state index in [2.05, 4.69) is 19.2 Å². The van der Waals surface area contributed by atoms with Gasteiger partial charge in [0.2, 0.25) is 0 Å². The lowest BCUT2D eigenvalue weighted by molar-refractivity contribution is 0.111. The highest BCUT2D eigenvalue weighted by Gasteiger charge is 2.31. The van der Waals surface area contributed by atoms with Crippen LogP contribution in [0, 0.1) is 5.92 Å². The van der Waals surface area contributed by atoms with Crippen LogP contribution in [0.1, 0.15) is 67.1 Å². The minimum absolute atomic E-state index is 0.279. The summed E-state index contributed by atoms with van der Waals surface area (Å²) in [4.78, 5) is 6.36. The molecule has 1 aromatic heterocycles. The molecule has 3 nitrogen and oxygen atoms in total. The van der Waals surface area contributed by atoms with Crippen LogP contribution in [0.25, 0.3) is 0 Å². The van der Waals surface area contributed by atoms with Crippen molar-refractivity contribution in [1.29, 1.82) is 0 Å². The Morgan fingerprint density at radius 2 is 2.21 bits per heavy atom. The molecule has 0 spiro atoms. The van der Waals surface area contributed by atoms with Gasteiger partial charge < -0.3 is 10.1 Å². The van der Waals surface area contributed by atoms with E-state index in [1.54, 1.807) is 0 Å². The maximum atomic E-state index is 5.78. The molecular formula is C15H24N2OS. The van der Waals surface area contributed by atoms with Crippen molar-refractivity contribution >= 4 is 11.3 Å². The minimum atomic E-state index is 0.279. The summed E-state index contributed by atoms with van der Waals surface area (Å²) in [6, 6.07) is 0. The molecule has 1 saturated carbocycles. The molecule has 1 saturated heterocycles. The molecular weight excluding hydrogens is 256 g/mol. The number of nitrogens with one attached hydrogen (secondary N) is 1. The molecule has 3 rings (SSSR count). The van der Waals surface area contributed by atoms with E-state index in [4.69, 9.17) is 9.72 Å². The van der Waals surface area contributed by atoms with Crippen molar-refractivity contribution in [2.75, 3.05) is 13.2 Å². The lowest BCUT2D eigenvalue weighted by Crippen LogP contribution is -2.18. The van der Waals surface area contributed by atoms with Gasteiger partial charge in [-0.05, 0) is 38.1 Å². The Morgan fingerprint density at radius 3 is 2.84 bits per heavy atom. The van der Waals surface area contributed by atoms with Gasteiger partial charge in [0.05, 0.1) is 5.69 Å². The highest BCUT2D eigenvalue weighted by Crippen LogP contribution is 2.44. The average molecular weight is 280 g/mol. The van der Waals surface area contributed by atoms with Crippen molar-refractivity contribution in [3.63, 3.8) is 0 Å². The van der Waals surface area contributed by atoms with E-state index in [1.165, 1.54) is 34.8 Å². The van der Waals surface area contributed by atoms with Gasteiger partial charge in [-0.1, -0.05) is 13.8 Å². The third kappa shape index (κ3) is 3.36. The third-order valence-electron chi connectivity index (χ3n) is 3.75. The molecule has 1 aromatic rings. The molecule has 4 heteroatoms. The maximum Gasteiger partial charge on any atom is 0.122 e. The Bertz CT molecular complexity index is 420. The van der Waals surface area contributed by atoms with Gasteiger partial charge in [0.1, 0.15) is 11.1 Å². The number of thiazole rings is 1. The molecule has 0 bridgehead atoms. The summed E-state index contributed by atoms with van der Waals surface area (Å²) in [6.45, 7) is 7.47. The predicted molar refractivity (Wildman–Crippen MR) is 78.6 cm³/mol. The Kier molecular flexibility index (Phi) is 4.20. The van der Waals surface area contributed by atoms with Gasteiger partial charge in [-0.2, -0.15) is 0 Å². The summed E-state index contributed by atoms with van der Waals surface area (Å²) in [7, 11) is 0. The van der Waals surface area contributed by atoms with Crippen LogP contribution in [0.15, 0.2) is 0 Å². The number of aromatic nitrogens is 1. The van der Waals surface area contributed by atoms with E-state index < -0.39 is 0 Å². The molecule has 0 amide bonds. The molecule has 1 aliphatic carbocycles. The maximum absolute atomic E-state index is 5.78. The van der Waals surface area contributed by atoms with E-state index in [-0.39, 0.29) is 6.10 Å². The number of nitrogens with zero attached hydrogens (tertiary/aromatic N) is 1. The van der Waals surface area contributed by atoms with E-state index in [9.17, 15) is 0 Å². The highest BCUT2D eigenvalue weighted by molar-refractivity contribution is 7.11. The molecule has 2 heterocycles. The SMILES string of the molecule is CC(C)CNCc1sc(C2CCCO2)nc1C1CC1. The summed E-state index contributed by atoms with van der Waals surface area (Å²) >= 11 is 1.88. The van der Waals surface area contributed by atoms with Crippen molar-refractivity contribution in [1.82, 2.24) is 10.3 Å². The standard InChI is InChI=1S/C15H24N2OS/c1-10(2)8-16-9-13-14(11-5-6-11)17-15(19-13)12-4-3-7-18-12/h10-12,16H,3-9H2,1-2H3. The zero-order chi connectivity index (χ0) is 13.2. The molecule has 2 aliphatic rings. The van der Waals surface area contributed by atoms with Gasteiger partial charge >= 0.3 is 0 Å². The van der Waals surface area contributed by atoms with Crippen molar-refractivity contribution in [2.24, 2.45) is 5.92 Å². The van der Waals surface area contributed by atoms with E-state index in [0.29, 0.717) is 5.92 Å². The van der Waals surface area contributed by atoms with Crippen molar-refractivity contribution in [3.8, 4) is 0 Å². The smallest absolute Gasteiger partial charge is 0.122 e. The second kappa shape index (κ2) is 5.90. The summed E-state index contributed by atoms with van der Waals surface area (Å²) < 4.78 is 5.78. The van der Waals surface area contributed by atoms with E-state index in [1.807, 2.05) is 11.3 Å². The molecule has 1 aliphatic heterocycles. The Hall–Kier alpha value is -0.450. The largest absolute Gasteiger partial charge is 0.371 e. The molecule has 2 fully saturated rings. The number of hydrogen-bond acceptors (Lipinski definition) is 4. The topological polar surface area (TPSA) is 34.1 Å². The number of rotatable bonds is 6. The molecule has 0 radical (unpaired) electrons. The monoisotopic (exact) mass is 280 g/mol. The molecule has 1 atom stereocenters. The number of hydrogen-bond donors (Lipinski definition) is 1. The van der Waals surface area contributed by atoms with Crippen molar-refractivity contribution in [2.45, 2.75) is 58.1 Å². The molecule has 106 valence electrons. The predicted octanol–water partition coefficient (Wildman–Crippen LogP) is 3.62. The van der Waals surface area contributed by atoms with Crippen LogP contribution in [0.4, 0.5) is 0 Å². The van der Waals surface area contributed by atoms with Gasteiger partial charge in [-0.15, -0.1) is 11.3 Å². The first-order valence-electron chi connectivity index (χ1n) is 7.56. The van der Waals surface area contributed by atoms with Crippen LogP contribution in [0.3, 0.4) is 0 Å². The minimum Gasteiger partial charge on any atom is -0.371 e. The molecule has 0 aromatic carbocycles. The van der Waals surface area contributed by atoms with Gasteiger partial charge in [0.25, 0.3) is 0 Å². The van der Waals surface area contributed by atoms with Crippen molar-refractivity contribution < 1.29 is 4.74 Å². The van der Waals surface area contributed by atoms with E-state index >= 15 is 0 Å². The zero-order valence-electron chi connectivity index (χ0n) is 11.9. The fraction of sp³-hybridized carbons (Fsp3) is 0.800. The van der Waals surface area contributed by atoms with Gasteiger partial charge in [0.15, 0.2) is 0 Å². The van der Waals surface area contributed by atoms with Crippen LogP contribution in [-0.2, 0) is 11.3 Å². The fourth-order valence-electron chi connectivity index (χ4n) is 2.57. The Labute approximate surface area is 119 Å². The lowest BCUT2D eigenvalue weighted by Gasteiger charge is -2.06. The summed E-state index contributed by atoms with van der Waals surface area (Å²) in [5.41, 5.74) is 1.37. The van der Waals surface area contributed by atoms with Gasteiger partial charge in [-0.3, -0.25) is 0 Å². The second-order valence-electron chi connectivity index (χ2n) is 6.16. The van der Waals surface area contributed by atoms with Gasteiger partial charge in [-0.25, -0.2) is 4.98 Å². The zero-order valence-corrected chi connectivity index (χ0v) is 12.8. The summed E-state index contributed by atoms with van der Waals surface area (Å²) in [5, 5.41) is 4.78. The fourth-order valence-corrected chi connectivity index (χ4v) is 3.77. The quantitative estimate of drug-likeness (QED) is 0.864. The molecule has 1 unspecified atom stereocenters. The van der Waals surface area contributed by atoms with Crippen molar-refractivity contribution in [3.05, 3.63) is 15.6 Å². The highest BCUT2D eigenvalue weighted by atomic mass is 32.1. The van der Waals surface area contributed by atoms with Crippen LogP contribution in [0.2, 0.25) is 0 Å². The van der Waals surface area contributed by atoms with Crippen LogP contribution < -0.4 is 5.32 Å².